The van der Waals surface area contributed by atoms with Crippen molar-refractivity contribution in [2.24, 2.45) is 0 Å². The van der Waals surface area contributed by atoms with Crippen molar-refractivity contribution >= 4 is 6.09 Å². The molecule has 1 N–H and O–H groups in total. The number of carbonyl (C=O) groups excluding carboxylic acids is 1. The topological polar surface area (TPSA) is 60.0 Å². The fourth-order valence-corrected chi connectivity index (χ4v) is 2.87. The van der Waals surface area contributed by atoms with E-state index in [2.05, 4.69) is 5.32 Å². The van der Waals surface area contributed by atoms with Crippen LogP contribution in [-0.4, -0.2) is 56.5 Å². The van der Waals surface area contributed by atoms with Gasteiger partial charge in [-0.25, -0.2) is 4.79 Å². The summed E-state index contributed by atoms with van der Waals surface area (Å²) in [5, 5.41) is 3.35. The number of methoxy groups -OCH3 is 2. The zero-order valence-corrected chi connectivity index (χ0v) is 15.2. The zero-order chi connectivity index (χ0) is 17.7. The molecular weight excluding hydrogens is 308 g/mol. The standard InChI is InChI=1S/C18H28N2O4/c1-18(2,3)24-17(21)20-10-9-19-12-14(20)11-13-7-6-8-15(22-4)16(13)23-5/h6-8,14,19H,9-12H2,1-5H3/t14-/m1/s1. The second-order valence-corrected chi connectivity index (χ2v) is 6.89. The number of hydrogen-bond acceptors (Lipinski definition) is 5. The molecule has 1 fully saturated rings. The molecule has 1 atom stereocenters. The number of amides is 1. The molecule has 6 heteroatoms. The lowest BCUT2D eigenvalue weighted by Gasteiger charge is -2.37. The number of carbonyl (C=O) groups is 1. The Hall–Kier alpha value is -1.95. The van der Waals surface area contributed by atoms with Crippen molar-refractivity contribution in [3.05, 3.63) is 23.8 Å². The van der Waals surface area contributed by atoms with Crippen LogP contribution >= 0.6 is 0 Å². The van der Waals surface area contributed by atoms with Gasteiger partial charge in [-0.1, -0.05) is 12.1 Å². The predicted octanol–water partition coefficient (Wildman–Crippen LogP) is 2.46. The quantitative estimate of drug-likeness (QED) is 0.915. The summed E-state index contributed by atoms with van der Waals surface area (Å²) >= 11 is 0. The van der Waals surface area contributed by atoms with Gasteiger partial charge in [0.05, 0.1) is 20.3 Å². The lowest BCUT2D eigenvalue weighted by atomic mass is 10.0. The van der Waals surface area contributed by atoms with Crippen molar-refractivity contribution in [1.29, 1.82) is 0 Å². The molecule has 1 heterocycles. The van der Waals surface area contributed by atoms with Gasteiger partial charge >= 0.3 is 6.09 Å². The smallest absolute Gasteiger partial charge is 0.410 e. The van der Waals surface area contributed by atoms with Crippen LogP contribution in [0.2, 0.25) is 0 Å². The molecule has 6 nitrogen and oxygen atoms in total. The van der Waals surface area contributed by atoms with Crippen LogP contribution in [-0.2, 0) is 11.2 Å². The lowest BCUT2D eigenvalue weighted by molar-refractivity contribution is 0.0121. The van der Waals surface area contributed by atoms with E-state index < -0.39 is 5.60 Å². The van der Waals surface area contributed by atoms with Gasteiger partial charge in [0, 0.05) is 25.2 Å². The number of hydrogen-bond donors (Lipinski definition) is 1. The van der Waals surface area contributed by atoms with Crippen LogP contribution < -0.4 is 14.8 Å². The summed E-state index contributed by atoms with van der Waals surface area (Å²) in [5.41, 5.74) is 0.513. The minimum Gasteiger partial charge on any atom is -0.493 e. The highest BCUT2D eigenvalue weighted by Crippen LogP contribution is 2.32. The van der Waals surface area contributed by atoms with E-state index in [1.165, 1.54) is 0 Å². The molecule has 1 aromatic rings. The van der Waals surface area contributed by atoms with Crippen molar-refractivity contribution in [3.63, 3.8) is 0 Å². The van der Waals surface area contributed by atoms with Crippen LogP contribution in [0.4, 0.5) is 4.79 Å². The summed E-state index contributed by atoms with van der Waals surface area (Å²) in [6.45, 7) is 7.77. The molecule has 0 bridgehead atoms. The van der Waals surface area contributed by atoms with E-state index in [4.69, 9.17) is 14.2 Å². The lowest BCUT2D eigenvalue weighted by Crippen LogP contribution is -2.55. The summed E-state index contributed by atoms with van der Waals surface area (Å²) in [7, 11) is 3.25. The Labute approximate surface area is 144 Å². The molecule has 0 unspecified atom stereocenters. The fourth-order valence-electron chi connectivity index (χ4n) is 2.87. The monoisotopic (exact) mass is 336 g/mol. The highest BCUT2D eigenvalue weighted by molar-refractivity contribution is 5.69. The first-order chi connectivity index (χ1) is 11.4. The van der Waals surface area contributed by atoms with Gasteiger partial charge in [-0.05, 0) is 33.3 Å². The summed E-state index contributed by atoms with van der Waals surface area (Å²) in [5.74, 6) is 1.41. The number of rotatable bonds is 4. The number of piperazine rings is 1. The third-order valence-corrected chi connectivity index (χ3v) is 3.92. The van der Waals surface area contributed by atoms with Crippen molar-refractivity contribution in [1.82, 2.24) is 10.2 Å². The van der Waals surface area contributed by atoms with Crippen LogP contribution in [0.3, 0.4) is 0 Å². The Morgan fingerprint density at radius 2 is 2.04 bits per heavy atom. The van der Waals surface area contributed by atoms with E-state index in [0.29, 0.717) is 18.7 Å². The number of para-hydroxylation sites is 1. The number of ether oxygens (including phenoxy) is 3. The summed E-state index contributed by atoms with van der Waals surface area (Å²) < 4.78 is 16.4. The van der Waals surface area contributed by atoms with Crippen LogP contribution in [0.15, 0.2) is 18.2 Å². The van der Waals surface area contributed by atoms with Crippen molar-refractivity contribution in [3.8, 4) is 11.5 Å². The predicted molar refractivity (Wildman–Crippen MR) is 92.8 cm³/mol. The minimum atomic E-state index is -0.500. The molecule has 2 rings (SSSR count). The van der Waals surface area contributed by atoms with Gasteiger partial charge in [0.25, 0.3) is 0 Å². The summed E-state index contributed by atoms with van der Waals surface area (Å²) in [6.07, 6.45) is 0.406. The maximum absolute atomic E-state index is 12.5. The van der Waals surface area contributed by atoms with Gasteiger partial charge in [0.1, 0.15) is 5.60 Å². The number of benzene rings is 1. The van der Waals surface area contributed by atoms with E-state index in [-0.39, 0.29) is 12.1 Å². The molecule has 1 amide bonds. The Bertz CT molecular complexity index is 569. The van der Waals surface area contributed by atoms with Crippen molar-refractivity contribution in [2.75, 3.05) is 33.9 Å². The van der Waals surface area contributed by atoms with Gasteiger partial charge in [-0.3, -0.25) is 0 Å². The molecule has 1 aliphatic rings. The van der Waals surface area contributed by atoms with Gasteiger partial charge in [0.2, 0.25) is 0 Å². The van der Waals surface area contributed by atoms with E-state index in [1.807, 2.05) is 39.0 Å². The van der Waals surface area contributed by atoms with Gasteiger partial charge in [0.15, 0.2) is 11.5 Å². The third kappa shape index (κ3) is 4.54. The van der Waals surface area contributed by atoms with Crippen LogP contribution in [0.5, 0.6) is 11.5 Å². The SMILES string of the molecule is COc1cccc(C[C@@H]2CNCCN2C(=O)OC(C)(C)C)c1OC. The highest BCUT2D eigenvalue weighted by Gasteiger charge is 2.31. The van der Waals surface area contributed by atoms with E-state index >= 15 is 0 Å². The molecule has 0 radical (unpaired) electrons. The molecule has 1 aliphatic heterocycles. The van der Waals surface area contributed by atoms with Crippen molar-refractivity contribution in [2.45, 2.75) is 38.8 Å². The summed E-state index contributed by atoms with van der Waals surface area (Å²) in [4.78, 5) is 14.3. The Balaban J connectivity index is 2.18. The first kappa shape index (κ1) is 18.4. The van der Waals surface area contributed by atoms with Gasteiger partial charge in [-0.15, -0.1) is 0 Å². The largest absolute Gasteiger partial charge is 0.493 e. The third-order valence-electron chi connectivity index (χ3n) is 3.92. The van der Waals surface area contributed by atoms with E-state index in [1.54, 1.807) is 19.1 Å². The molecule has 0 saturated carbocycles. The molecule has 134 valence electrons. The first-order valence-electron chi connectivity index (χ1n) is 8.26. The molecule has 1 aromatic carbocycles. The summed E-state index contributed by atoms with van der Waals surface area (Å²) in [6, 6.07) is 5.82. The Kier molecular flexibility index (Phi) is 5.94. The first-order valence-corrected chi connectivity index (χ1v) is 8.26. The molecule has 0 aromatic heterocycles. The van der Waals surface area contributed by atoms with Crippen LogP contribution in [0.1, 0.15) is 26.3 Å². The second kappa shape index (κ2) is 7.75. The van der Waals surface area contributed by atoms with Crippen LogP contribution in [0.25, 0.3) is 0 Å². The molecular formula is C18H28N2O4. The average molecular weight is 336 g/mol. The minimum absolute atomic E-state index is 0.00889. The average Bonchev–Trinajstić information content (AvgIpc) is 2.53. The van der Waals surface area contributed by atoms with Crippen LogP contribution in [0, 0.1) is 0 Å². The normalized spacial score (nSPS) is 18.2. The van der Waals surface area contributed by atoms with Crippen molar-refractivity contribution < 1.29 is 19.0 Å². The van der Waals surface area contributed by atoms with E-state index in [0.717, 1.165) is 24.4 Å². The molecule has 0 spiro atoms. The maximum Gasteiger partial charge on any atom is 0.410 e. The molecule has 24 heavy (non-hydrogen) atoms. The fraction of sp³-hybridized carbons (Fsp3) is 0.611. The Morgan fingerprint density at radius 3 is 2.67 bits per heavy atom. The number of nitrogens with zero attached hydrogens (tertiary/aromatic N) is 1. The Morgan fingerprint density at radius 1 is 1.29 bits per heavy atom. The zero-order valence-electron chi connectivity index (χ0n) is 15.2. The van der Waals surface area contributed by atoms with Gasteiger partial charge < -0.3 is 24.4 Å². The molecule has 1 saturated heterocycles. The van der Waals surface area contributed by atoms with E-state index in [9.17, 15) is 4.79 Å². The highest BCUT2D eigenvalue weighted by atomic mass is 16.6. The maximum atomic E-state index is 12.5. The van der Waals surface area contributed by atoms with Gasteiger partial charge in [-0.2, -0.15) is 0 Å². The molecule has 0 aliphatic carbocycles. The number of nitrogens with one attached hydrogen (secondary N) is 1. The second-order valence-electron chi connectivity index (χ2n) is 6.89.